The highest BCUT2D eigenvalue weighted by Gasteiger charge is 2.38. The average molecular weight is 483 g/mol. The van der Waals surface area contributed by atoms with Crippen molar-refractivity contribution in [2.24, 2.45) is 0 Å². The number of ether oxygens (including phenoxy) is 2. The summed E-state index contributed by atoms with van der Waals surface area (Å²) in [4.78, 5) is 47.2. The highest BCUT2D eigenvalue weighted by molar-refractivity contribution is 6.04. The van der Waals surface area contributed by atoms with Gasteiger partial charge in [-0.1, -0.05) is 0 Å². The van der Waals surface area contributed by atoms with E-state index in [9.17, 15) is 18.8 Å². The molecule has 3 aliphatic heterocycles. The molecule has 0 N–H and O–H groups in total. The Balaban J connectivity index is 1.27. The lowest BCUT2D eigenvalue weighted by molar-refractivity contribution is -0.130. The molecule has 1 aromatic carbocycles. The van der Waals surface area contributed by atoms with Crippen molar-refractivity contribution < 1.29 is 28.2 Å². The van der Waals surface area contributed by atoms with E-state index in [1.165, 1.54) is 22.1 Å². The summed E-state index contributed by atoms with van der Waals surface area (Å²) in [5, 5.41) is 0. The Morgan fingerprint density at radius 3 is 2.69 bits per heavy atom. The van der Waals surface area contributed by atoms with Gasteiger partial charge < -0.3 is 24.2 Å². The number of likely N-dealkylation sites (tertiary alicyclic amines) is 1. The predicted molar refractivity (Wildman–Crippen MR) is 124 cm³/mol. The molecule has 0 unspecified atom stereocenters. The third kappa shape index (κ3) is 4.52. The third-order valence-corrected chi connectivity index (χ3v) is 6.58. The lowest BCUT2D eigenvalue weighted by Crippen LogP contribution is -2.39. The van der Waals surface area contributed by atoms with Crippen molar-refractivity contribution >= 4 is 23.4 Å². The number of aromatic nitrogens is 1. The fraction of sp³-hybridized carbons (Fsp3) is 0.440. The second-order valence-corrected chi connectivity index (χ2v) is 8.85. The van der Waals surface area contributed by atoms with E-state index >= 15 is 0 Å². The molecule has 0 radical (unpaired) electrons. The van der Waals surface area contributed by atoms with Crippen LogP contribution >= 0.6 is 0 Å². The highest BCUT2D eigenvalue weighted by atomic mass is 19.1. The minimum Gasteiger partial charge on any atom is -0.479 e. The molecule has 9 nitrogen and oxygen atoms in total. The van der Waals surface area contributed by atoms with Gasteiger partial charge >= 0.3 is 0 Å². The normalized spacial score (nSPS) is 19.5. The van der Waals surface area contributed by atoms with Crippen LogP contribution in [0, 0.1) is 5.82 Å². The minimum absolute atomic E-state index is 0.0459. The van der Waals surface area contributed by atoms with Crippen LogP contribution in [0.2, 0.25) is 0 Å². The maximum absolute atomic E-state index is 15.0. The number of amides is 3. The molecule has 5 rings (SSSR count). The van der Waals surface area contributed by atoms with E-state index in [-0.39, 0.29) is 36.0 Å². The van der Waals surface area contributed by atoms with Gasteiger partial charge in [-0.15, -0.1) is 0 Å². The first-order valence-corrected chi connectivity index (χ1v) is 11.9. The van der Waals surface area contributed by atoms with Crippen molar-refractivity contribution in [3.63, 3.8) is 0 Å². The monoisotopic (exact) mass is 482 g/mol. The molecule has 2 saturated heterocycles. The number of carbonyl (C=O) groups is 3. The maximum atomic E-state index is 15.0. The summed E-state index contributed by atoms with van der Waals surface area (Å²) >= 11 is 0. The quantitative estimate of drug-likeness (QED) is 0.602. The minimum atomic E-state index is -0.739. The van der Waals surface area contributed by atoms with Crippen molar-refractivity contribution in [2.45, 2.75) is 38.8 Å². The van der Waals surface area contributed by atoms with Gasteiger partial charge in [-0.2, -0.15) is 0 Å². The second-order valence-electron chi connectivity index (χ2n) is 8.85. The van der Waals surface area contributed by atoms with E-state index in [0.717, 1.165) is 12.8 Å². The highest BCUT2D eigenvalue weighted by Crippen LogP contribution is 2.33. The van der Waals surface area contributed by atoms with Crippen LogP contribution in [0.1, 0.15) is 42.1 Å². The Morgan fingerprint density at radius 1 is 1.17 bits per heavy atom. The Kier molecular flexibility index (Phi) is 6.27. The largest absolute Gasteiger partial charge is 0.479 e. The molecule has 2 fully saturated rings. The standard InChI is InChI=1S/C25H27FN4O5/c1-2-34-22-6-5-17(13-27-22)35-21-7-10-30(25(21)33)16-11-18-19(20(26)12-16)14-29(24(18)32)15-23(31)28-8-3-4-9-28/h5-6,11-13,21H,2-4,7-10,14-15H2,1H3/t21-/m1/s1. The summed E-state index contributed by atoms with van der Waals surface area (Å²) in [6, 6.07) is 6.16. The fourth-order valence-corrected chi connectivity index (χ4v) is 4.77. The van der Waals surface area contributed by atoms with E-state index in [1.807, 2.05) is 6.92 Å². The van der Waals surface area contributed by atoms with E-state index < -0.39 is 17.8 Å². The molecule has 3 amide bonds. The van der Waals surface area contributed by atoms with E-state index in [0.29, 0.717) is 50.0 Å². The number of fused-ring (bicyclic) bond motifs is 1. The number of hydrogen-bond acceptors (Lipinski definition) is 6. The van der Waals surface area contributed by atoms with Crippen LogP contribution in [-0.4, -0.2) is 71.4 Å². The van der Waals surface area contributed by atoms with Crippen LogP contribution in [0.4, 0.5) is 10.1 Å². The molecule has 3 aliphatic rings. The van der Waals surface area contributed by atoms with E-state index in [1.54, 1.807) is 23.1 Å². The van der Waals surface area contributed by atoms with Gasteiger partial charge in [-0.3, -0.25) is 14.4 Å². The first-order chi connectivity index (χ1) is 16.9. The third-order valence-electron chi connectivity index (χ3n) is 6.58. The summed E-state index contributed by atoms with van der Waals surface area (Å²) < 4.78 is 26.1. The number of benzene rings is 1. The van der Waals surface area contributed by atoms with Gasteiger partial charge in [-0.05, 0) is 38.0 Å². The van der Waals surface area contributed by atoms with Crippen molar-refractivity contribution in [3.05, 3.63) is 47.4 Å². The first-order valence-electron chi connectivity index (χ1n) is 11.9. The lowest BCUT2D eigenvalue weighted by Gasteiger charge is -2.20. The van der Waals surface area contributed by atoms with Gasteiger partial charge in [0, 0.05) is 48.9 Å². The van der Waals surface area contributed by atoms with Crippen molar-refractivity contribution in [3.8, 4) is 11.6 Å². The van der Waals surface area contributed by atoms with E-state index in [2.05, 4.69) is 4.98 Å². The summed E-state index contributed by atoms with van der Waals surface area (Å²) in [6.45, 7) is 4.05. The predicted octanol–water partition coefficient (Wildman–Crippen LogP) is 2.38. The molecule has 0 bridgehead atoms. The molecule has 4 heterocycles. The van der Waals surface area contributed by atoms with Gasteiger partial charge in [0.15, 0.2) is 6.10 Å². The summed E-state index contributed by atoms with van der Waals surface area (Å²) in [5.41, 5.74) is 0.762. The zero-order valence-corrected chi connectivity index (χ0v) is 19.5. The van der Waals surface area contributed by atoms with Crippen LogP contribution in [0.5, 0.6) is 11.6 Å². The van der Waals surface area contributed by atoms with Gasteiger partial charge in [0.1, 0.15) is 18.1 Å². The molecular weight excluding hydrogens is 455 g/mol. The first kappa shape index (κ1) is 23.1. The number of anilines is 1. The zero-order chi connectivity index (χ0) is 24.5. The molecule has 0 saturated carbocycles. The Morgan fingerprint density at radius 2 is 1.97 bits per heavy atom. The van der Waals surface area contributed by atoms with Crippen LogP contribution in [0.15, 0.2) is 30.5 Å². The van der Waals surface area contributed by atoms with Crippen molar-refractivity contribution in [1.29, 1.82) is 0 Å². The van der Waals surface area contributed by atoms with Crippen LogP contribution < -0.4 is 14.4 Å². The van der Waals surface area contributed by atoms with Crippen molar-refractivity contribution in [2.75, 3.05) is 37.7 Å². The Bertz CT molecular complexity index is 1150. The number of carbonyl (C=O) groups excluding carboxylic acids is 3. The van der Waals surface area contributed by atoms with Gasteiger partial charge in [-0.25, -0.2) is 9.37 Å². The maximum Gasteiger partial charge on any atom is 0.268 e. The molecule has 0 aliphatic carbocycles. The summed E-state index contributed by atoms with van der Waals surface area (Å²) in [6.07, 6.45) is 3.08. The van der Waals surface area contributed by atoms with Gasteiger partial charge in [0.05, 0.1) is 19.3 Å². The van der Waals surface area contributed by atoms with Gasteiger partial charge in [0.25, 0.3) is 11.8 Å². The molecule has 184 valence electrons. The summed E-state index contributed by atoms with van der Waals surface area (Å²) in [5.74, 6) is -0.494. The zero-order valence-electron chi connectivity index (χ0n) is 19.5. The molecule has 1 atom stereocenters. The number of rotatable bonds is 7. The van der Waals surface area contributed by atoms with Gasteiger partial charge in [0.2, 0.25) is 11.8 Å². The molecule has 0 spiro atoms. The molecule has 2 aromatic rings. The number of nitrogens with zero attached hydrogens (tertiary/aromatic N) is 4. The second kappa shape index (κ2) is 9.52. The Labute approximate surface area is 202 Å². The van der Waals surface area contributed by atoms with Crippen LogP contribution in [-0.2, 0) is 16.1 Å². The fourth-order valence-electron chi connectivity index (χ4n) is 4.77. The van der Waals surface area contributed by atoms with Crippen molar-refractivity contribution in [1.82, 2.24) is 14.8 Å². The Hall–Kier alpha value is -3.69. The molecular formula is C25H27FN4O5. The number of pyridine rings is 1. The number of hydrogen-bond donors (Lipinski definition) is 0. The molecule has 1 aromatic heterocycles. The molecule has 10 heteroatoms. The number of halogens is 1. The smallest absolute Gasteiger partial charge is 0.268 e. The lowest BCUT2D eigenvalue weighted by atomic mass is 10.1. The molecule has 35 heavy (non-hydrogen) atoms. The van der Waals surface area contributed by atoms with Crippen LogP contribution in [0.25, 0.3) is 0 Å². The SMILES string of the molecule is CCOc1ccc(O[C@@H]2CCN(c3cc(F)c4c(c3)C(=O)N(CC(=O)N3CCCC3)C4)C2=O)cn1. The average Bonchev–Trinajstić information content (AvgIpc) is 3.57. The summed E-state index contributed by atoms with van der Waals surface area (Å²) in [7, 11) is 0. The van der Waals surface area contributed by atoms with E-state index in [4.69, 9.17) is 9.47 Å². The van der Waals surface area contributed by atoms with Crippen LogP contribution in [0.3, 0.4) is 0 Å². The topological polar surface area (TPSA) is 92.3 Å².